The molecule has 0 aliphatic heterocycles. The number of rotatable bonds is 5. The predicted molar refractivity (Wildman–Crippen MR) is 62.7 cm³/mol. The van der Waals surface area contributed by atoms with Gasteiger partial charge in [0.1, 0.15) is 10.6 Å². The molecule has 1 rings (SSSR count). The van der Waals surface area contributed by atoms with E-state index in [0.29, 0.717) is 13.2 Å². The van der Waals surface area contributed by atoms with Crippen molar-refractivity contribution < 1.29 is 17.9 Å². The highest BCUT2D eigenvalue weighted by Gasteiger charge is 2.18. The summed E-state index contributed by atoms with van der Waals surface area (Å²) in [6.45, 7) is 0.736. The second kappa shape index (κ2) is 5.52. The van der Waals surface area contributed by atoms with Gasteiger partial charge in [-0.05, 0) is 6.07 Å². The van der Waals surface area contributed by atoms with E-state index in [4.69, 9.17) is 15.4 Å². The lowest BCUT2D eigenvalue weighted by molar-refractivity contribution is 0.0929. The number of carbonyl (C=O) groups is 1. The molecule has 1 aromatic rings. The topological polar surface area (TPSA) is 77.4 Å². The molecular weight excluding hydrogens is 268 g/mol. The van der Waals surface area contributed by atoms with Crippen molar-refractivity contribution in [3.8, 4) is 0 Å². The summed E-state index contributed by atoms with van der Waals surface area (Å²) in [5, 5.41) is 2.58. The van der Waals surface area contributed by atoms with Crippen molar-refractivity contribution in [3.63, 3.8) is 0 Å². The Morgan fingerprint density at radius 1 is 1.59 bits per heavy atom. The summed E-state index contributed by atoms with van der Waals surface area (Å²) in [5.41, 5.74) is 0.223. The van der Waals surface area contributed by atoms with Crippen molar-refractivity contribution in [2.24, 2.45) is 7.05 Å². The van der Waals surface area contributed by atoms with Crippen LogP contribution < -0.4 is 5.32 Å². The summed E-state index contributed by atoms with van der Waals surface area (Å²) in [5.74, 6) is -0.379. The molecule has 0 aromatic carbocycles. The first-order valence-corrected chi connectivity index (χ1v) is 7.05. The van der Waals surface area contributed by atoms with Gasteiger partial charge >= 0.3 is 0 Å². The van der Waals surface area contributed by atoms with E-state index in [1.54, 1.807) is 7.05 Å². The molecule has 0 aliphatic carbocycles. The maximum absolute atomic E-state index is 11.7. The number of nitrogens with one attached hydrogen (secondary N) is 1. The summed E-state index contributed by atoms with van der Waals surface area (Å²) in [4.78, 5) is 11.6. The van der Waals surface area contributed by atoms with E-state index < -0.39 is 9.05 Å². The number of ether oxygens (including phenoxy) is 1. The third kappa shape index (κ3) is 3.72. The van der Waals surface area contributed by atoms with Crippen LogP contribution in [0.1, 0.15) is 10.5 Å². The minimum atomic E-state index is -3.82. The largest absolute Gasteiger partial charge is 0.383 e. The monoisotopic (exact) mass is 280 g/mol. The molecule has 0 aliphatic rings. The number of halogens is 1. The maximum Gasteiger partial charge on any atom is 0.268 e. The number of aromatic nitrogens is 1. The molecule has 0 radical (unpaired) electrons. The SMILES string of the molecule is COCCNC(=O)c1cc(S(=O)(=O)Cl)cn1C. The molecule has 8 heteroatoms. The summed E-state index contributed by atoms with van der Waals surface area (Å²) < 4.78 is 28.3. The van der Waals surface area contributed by atoms with Gasteiger partial charge < -0.3 is 14.6 Å². The van der Waals surface area contributed by atoms with Crippen LogP contribution >= 0.6 is 10.7 Å². The predicted octanol–water partition coefficient (Wildman–Crippen LogP) is 0.329. The average Bonchev–Trinajstić information content (AvgIpc) is 2.60. The first-order valence-electron chi connectivity index (χ1n) is 4.74. The Balaban J connectivity index is 2.85. The van der Waals surface area contributed by atoms with Gasteiger partial charge in [0, 0.05) is 37.6 Å². The molecule has 6 nitrogen and oxygen atoms in total. The summed E-state index contributed by atoms with van der Waals surface area (Å²) in [6, 6.07) is 1.23. The lowest BCUT2D eigenvalue weighted by atomic mass is 10.4. The lowest BCUT2D eigenvalue weighted by Gasteiger charge is -2.04. The number of nitrogens with zero attached hydrogens (tertiary/aromatic N) is 1. The number of carbonyl (C=O) groups excluding carboxylic acids is 1. The Bertz CT molecular complexity index is 509. The number of hydrogen-bond donors (Lipinski definition) is 1. The third-order valence-corrected chi connectivity index (χ3v) is 3.41. The van der Waals surface area contributed by atoms with Crippen molar-refractivity contribution in [1.29, 1.82) is 0 Å². The molecule has 1 N–H and O–H groups in total. The van der Waals surface area contributed by atoms with E-state index in [9.17, 15) is 13.2 Å². The van der Waals surface area contributed by atoms with Gasteiger partial charge in [-0.15, -0.1) is 0 Å². The second-order valence-corrected chi connectivity index (χ2v) is 5.92. The van der Waals surface area contributed by atoms with Crippen LogP contribution in [0.15, 0.2) is 17.2 Å². The van der Waals surface area contributed by atoms with Gasteiger partial charge in [0.15, 0.2) is 0 Å². The number of methoxy groups -OCH3 is 1. The third-order valence-electron chi connectivity index (χ3n) is 2.09. The van der Waals surface area contributed by atoms with E-state index in [2.05, 4.69) is 5.32 Å². The molecule has 1 aromatic heterocycles. The zero-order valence-electron chi connectivity index (χ0n) is 9.44. The van der Waals surface area contributed by atoms with Gasteiger partial charge in [-0.25, -0.2) is 8.42 Å². The van der Waals surface area contributed by atoms with Gasteiger partial charge in [0.05, 0.1) is 6.61 Å². The second-order valence-electron chi connectivity index (χ2n) is 3.36. The molecule has 17 heavy (non-hydrogen) atoms. The maximum atomic E-state index is 11.7. The molecule has 96 valence electrons. The van der Waals surface area contributed by atoms with Crippen LogP contribution in [0.4, 0.5) is 0 Å². The van der Waals surface area contributed by atoms with Crippen molar-refractivity contribution in [2.45, 2.75) is 4.90 Å². The fraction of sp³-hybridized carbons (Fsp3) is 0.444. The van der Waals surface area contributed by atoms with Crippen molar-refractivity contribution in [3.05, 3.63) is 18.0 Å². The van der Waals surface area contributed by atoms with E-state index in [-0.39, 0.29) is 16.5 Å². The molecule has 0 saturated carbocycles. The molecule has 0 fully saturated rings. The zero-order valence-corrected chi connectivity index (χ0v) is 11.0. The Morgan fingerprint density at radius 3 is 2.71 bits per heavy atom. The van der Waals surface area contributed by atoms with Crippen LogP contribution in [0.25, 0.3) is 0 Å². The van der Waals surface area contributed by atoms with Crippen LogP contribution in [-0.4, -0.2) is 39.2 Å². The van der Waals surface area contributed by atoms with Gasteiger partial charge in [-0.3, -0.25) is 4.79 Å². The average molecular weight is 281 g/mol. The van der Waals surface area contributed by atoms with Gasteiger partial charge in [-0.1, -0.05) is 0 Å². The quantitative estimate of drug-likeness (QED) is 0.623. The van der Waals surface area contributed by atoms with Gasteiger partial charge in [0.2, 0.25) is 0 Å². The molecule has 0 bridgehead atoms. The van der Waals surface area contributed by atoms with Crippen LogP contribution in [0.2, 0.25) is 0 Å². The van der Waals surface area contributed by atoms with E-state index >= 15 is 0 Å². The van der Waals surface area contributed by atoms with E-state index in [1.807, 2.05) is 0 Å². The first kappa shape index (κ1) is 14.0. The van der Waals surface area contributed by atoms with E-state index in [0.717, 1.165) is 0 Å². The van der Waals surface area contributed by atoms with Crippen molar-refractivity contribution in [1.82, 2.24) is 9.88 Å². The summed E-state index contributed by atoms with van der Waals surface area (Å²) >= 11 is 0. The minimum absolute atomic E-state index is 0.0986. The molecule has 1 amide bonds. The van der Waals surface area contributed by atoms with Crippen LogP contribution in [-0.2, 0) is 20.8 Å². The Kier molecular flexibility index (Phi) is 4.55. The summed E-state index contributed by atoms with van der Waals surface area (Å²) in [6.07, 6.45) is 1.29. The highest BCUT2D eigenvalue weighted by molar-refractivity contribution is 8.13. The fourth-order valence-corrected chi connectivity index (χ4v) is 2.04. The van der Waals surface area contributed by atoms with E-state index in [1.165, 1.54) is 23.9 Å². The Hall–Kier alpha value is -1.05. The van der Waals surface area contributed by atoms with Gasteiger partial charge in [-0.2, -0.15) is 0 Å². The highest BCUT2D eigenvalue weighted by atomic mass is 35.7. The molecule has 1 heterocycles. The standard InChI is InChI=1S/C9H13ClN2O4S/c1-12-6-7(17(10,14)15)5-8(12)9(13)11-3-4-16-2/h5-6H,3-4H2,1-2H3,(H,11,13). The Morgan fingerprint density at radius 2 is 2.24 bits per heavy atom. The number of amides is 1. The molecular formula is C9H13ClN2O4S. The van der Waals surface area contributed by atoms with Crippen molar-refractivity contribution >= 4 is 25.6 Å². The minimum Gasteiger partial charge on any atom is -0.383 e. The van der Waals surface area contributed by atoms with Crippen molar-refractivity contribution in [2.75, 3.05) is 20.3 Å². The first-order chi connectivity index (χ1) is 7.86. The Labute approximate surface area is 104 Å². The smallest absolute Gasteiger partial charge is 0.268 e. The van der Waals surface area contributed by atoms with Crippen LogP contribution in [0, 0.1) is 0 Å². The summed E-state index contributed by atoms with van der Waals surface area (Å²) in [7, 11) is 4.45. The number of aryl methyl sites for hydroxylation is 1. The highest BCUT2D eigenvalue weighted by Crippen LogP contribution is 2.17. The molecule has 0 saturated heterocycles. The zero-order chi connectivity index (χ0) is 13.1. The molecule has 0 atom stereocenters. The van der Waals surface area contributed by atoms with Gasteiger partial charge in [0.25, 0.3) is 15.0 Å². The van der Waals surface area contributed by atoms with Crippen LogP contribution in [0.3, 0.4) is 0 Å². The number of hydrogen-bond acceptors (Lipinski definition) is 4. The van der Waals surface area contributed by atoms with Crippen LogP contribution in [0.5, 0.6) is 0 Å². The lowest BCUT2D eigenvalue weighted by Crippen LogP contribution is -2.28. The normalized spacial score (nSPS) is 11.5. The molecule has 0 unspecified atom stereocenters. The fourth-order valence-electron chi connectivity index (χ4n) is 1.25. The molecule has 0 spiro atoms.